The first-order valence-electron chi connectivity index (χ1n) is 10.1. The van der Waals surface area contributed by atoms with Gasteiger partial charge in [0.1, 0.15) is 11.5 Å². The summed E-state index contributed by atoms with van der Waals surface area (Å²) in [4.78, 5) is 4.17. The maximum Gasteiger partial charge on any atom is 0.418 e. The van der Waals surface area contributed by atoms with Crippen LogP contribution in [0.15, 0.2) is 83.9 Å². The summed E-state index contributed by atoms with van der Waals surface area (Å²) < 4.78 is 70.6. The Bertz CT molecular complexity index is 1410. The average molecular weight is 472 g/mol. The summed E-state index contributed by atoms with van der Waals surface area (Å²) in [6, 6.07) is 18.7. The van der Waals surface area contributed by atoms with E-state index in [2.05, 4.69) is 4.98 Å². The lowest BCUT2D eigenvalue weighted by Gasteiger charge is -2.13. The molecule has 170 valence electrons. The molecule has 0 spiro atoms. The molecular weight excluding hydrogens is 451 g/mol. The SMILES string of the molecule is CC(C)S(=O)(=O)c1ccc(Oc2cccc(-c3ccnc4c(C(F)(F)F)cccc34)c2)cc1. The molecule has 0 unspecified atom stereocenters. The Morgan fingerprint density at radius 2 is 1.58 bits per heavy atom. The zero-order valence-electron chi connectivity index (χ0n) is 17.8. The van der Waals surface area contributed by atoms with Crippen molar-refractivity contribution in [3.63, 3.8) is 0 Å². The van der Waals surface area contributed by atoms with Gasteiger partial charge in [0.25, 0.3) is 0 Å². The highest BCUT2D eigenvalue weighted by Crippen LogP contribution is 2.37. The van der Waals surface area contributed by atoms with Crippen LogP contribution in [0.3, 0.4) is 0 Å². The third-order valence-corrected chi connectivity index (χ3v) is 7.40. The molecule has 0 amide bonds. The lowest BCUT2D eigenvalue weighted by Crippen LogP contribution is -2.13. The van der Waals surface area contributed by atoms with Gasteiger partial charge in [-0.3, -0.25) is 4.98 Å². The van der Waals surface area contributed by atoms with Gasteiger partial charge in [-0.05, 0) is 73.5 Å². The molecular formula is C25H20F3NO3S. The van der Waals surface area contributed by atoms with Crippen molar-refractivity contribution in [3.05, 3.63) is 84.6 Å². The van der Waals surface area contributed by atoms with E-state index in [-0.39, 0.29) is 10.4 Å². The molecule has 4 nitrogen and oxygen atoms in total. The number of hydrogen-bond acceptors (Lipinski definition) is 4. The second kappa shape index (κ2) is 8.51. The Hall–Kier alpha value is -3.39. The maximum atomic E-state index is 13.4. The molecule has 0 fully saturated rings. The minimum Gasteiger partial charge on any atom is -0.457 e. The van der Waals surface area contributed by atoms with Crippen LogP contribution < -0.4 is 4.74 Å². The van der Waals surface area contributed by atoms with Crippen LogP contribution in [0.5, 0.6) is 11.5 Å². The van der Waals surface area contributed by atoms with Crippen molar-refractivity contribution in [2.45, 2.75) is 30.2 Å². The van der Waals surface area contributed by atoms with Gasteiger partial charge < -0.3 is 4.74 Å². The number of benzene rings is 3. The topological polar surface area (TPSA) is 56.3 Å². The Morgan fingerprint density at radius 1 is 0.879 bits per heavy atom. The molecule has 4 rings (SSSR count). The third-order valence-electron chi connectivity index (χ3n) is 5.23. The fraction of sp³-hybridized carbons (Fsp3) is 0.160. The van der Waals surface area contributed by atoms with E-state index in [1.54, 1.807) is 62.4 Å². The van der Waals surface area contributed by atoms with Crippen molar-refractivity contribution in [3.8, 4) is 22.6 Å². The molecule has 4 aromatic rings. The van der Waals surface area contributed by atoms with Crippen molar-refractivity contribution in [1.82, 2.24) is 4.98 Å². The number of pyridine rings is 1. The van der Waals surface area contributed by atoms with Gasteiger partial charge in [-0.25, -0.2) is 8.42 Å². The number of rotatable bonds is 5. The zero-order chi connectivity index (χ0) is 23.8. The Morgan fingerprint density at radius 3 is 2.24 bits per heavy atom. The fourth-order valence-electron chi connectivity index (χ4n) is 3.49. The summed E-state index contributed by atoms with van der Waals surface area (Å²) in [6.45, 7) is 3.23. The molecule has 8 heteroatoms. The lowest BCUT2D eigenvalue weighted by atomic mass is 9.99. The van der Waals surface area contributed by atoms with E-state index in [1.807, 2.05) is 0 Å². The van der Waals surface area contributed by atoms with E-state index in [4.69, 9.17) is 4.74 Å². The van der Waals surface area contributed by atoms with E-state index >= 15 is 0 Å². The quantitative estimate of drug-likeness (QED) is 0.318. The molecule has 0 aliphatic heterocycles. The molecule has 33 heavy (non-hydrogen) atoms. The largest absolute Gasteiger partial charge is 0.457 e. The van der Waals surface area contributed by atoms with Crippen molar-refractivity contribution < 1.29 is 26.3 Å². The molecule has 0 aliphatic carbocycles. The summed E-state index contributed by atoms with van der Waals surface area (Å²) in [5.74, 6) is 0.901. The first kappa shape index (κ1) is 22.8. The summed E-state index contributed by atoms with van der Waals surface area (Å²) >= 11 is 0. The van der Waals surface area contributed by atoms with Crippen LogP contribution in [0, 0.1) is 0 Å². The van der Waals surface area contributed by atoms with E-state index in [0.29, 0.717) is 28.0 Å². The first-order valence-corrected chi connectivity index (χ1v) is 11.7. The number of ether oxygens (including phenoxy) is 1. The Balaban J connectivity index is 1.68. The van der Waals surface area contributed by atoms with Crippen molar-refractivity contribution in [1.29, 1.82) is 0 Å². The van der Waals surface area contributed by atoms with Crippen LogP contribution in [0.25, 0.3) is 22.0 Å². The average Bonchev–Trinajstić information content (AvgIpc) is 2.78. The summed E-state index contributed by atoms with van der Waals surface area (Å²) in [7, 11) is -3.39. The van der Waals surface area contributed by atoms with Crippen LogP contribution in [0.2, 0.25) is 0 Å². The predicted molar refractivity (Wildman–Crippen MR) is 121 cm³/mol. The number of alkyl halides is 3. The first-order chi connectivity index (χ1) is 15.6. The molecule has 1 heterocycles. The van der Waals surface area contributed by atoms with Gasteiger partial charge in [0.05, 0.1) is 21.2 Å². The second-order valence-corrected chi connectivity index (χ2v) is 10.3. The van der Waals surface area contributed by atoms with Crippen molar-refractivity contribution >= 4 is 20.7 Å². The number of hydrogen-bond donors (Lipinski definition) is 0. The molecule has 0 saturated carbocycles. The number of nitrogens with zero attached hydrogens (tertiary/aromatic N) is 1. The third kappa shape index (κ3) is 4.57. The number of halogens is 3. The lowest BCUT2D eigenvalue weighted by molar-refractivity contribution is -0.136. The molecule has 0 bridgehead atoms. The molecule has 0 radical (unpaired) electrons. The molecule has 3 aromatic carbocycles. The summed E-state index contributed by atoms with van der Waals surface area (Å²) in [6.07, 6.45) is -3.15. The Labute approximate surface area is 189 Å². The van der Waals surface area contributed by atoms with Crippen LogP contribution in [0.4, 0.5) is 13.2 Å². The highest BCUT2D eigenvalue weighted by molar-refractivity contribution is 7.92. The minimum atomic E-state index is -4.51. The standard InChI is InChI=1S/C25H20F3NO3S/c1-16(2)33(30,31)20-11-9-18(10-12-20)32-19-6-3-5-17(15-19)21-13-14-29-24-22(21)7-4-8-23(24)25(26,27)28/h3-16H,1-2H3. The molecule has 0 aliphatic rings. The van der Waals surface area contributed by atoms with Gasteiger partial charge in [-0.2, -0.15) is 13.2 Å². The molecule has 1 aromatic heterocycles. The maximum absolute atomic E-state index is 13.4. The van der Waals surface area contributed by atoms with Gasteiger partial charge in [-0.1, -0.05) is 24.3 Å². The second-order valence-electron chi connectivity index (χ2n) is 7.75. The van der Waals surface area contributed by atoms with Crippen molar-refractivity contribution in [2.24, 2.45) is 0 Å². The van der Waals surface area contributed by atoms with Gasteiger partial charge >= 0.3 is 6.18 Å². The van der Waals surface area contributed by atoms with Crippen LogP contribution in [-0.2, 0) is 16.0 Å². The number of sulfone groups is 1. The molecule has 0 N–H and O–H groups in total. The predicted octanol–water partition coefficient (Wildman–Crippen LogP) is 6.90. The smallest absolute Gasteiger partial charge is 0.418 e. The number of aromatic nitrogens is 1. The van der Waals surface area contributed by atoms with Gasteiger partial charge in [0, 0.05) is 11.6 Å². The minimum absolute atomic E-state index is 0.115. The number of fused-ring (bicyclic) bond motifs is 1. The Kier molecular flexibility index (Phi) is 5.88. The summed E-state index contributed by atoms with van der Waals surface area (Å²) in [5, 5.41) is -0.151. The normalized spacial score (nSPS) is 12.3. The fourth-order valence-corrected chi connectivity index (χ4v) is 4.55. The highest BCUT2D eigenvalue weighted by Gasteiger charge is 2.33. The summed E-state index contributed by atoms with van der Waals surface area (Å²) in [5.41, 5.74) is 0.356. The van der Waals surface area contributed by atoms with E-state index in [0.717, 1.165) is 6.07 Å². The van der Waals surface area contributed by atoms with Gasteiger partial charge in [0.15, 0.2) is 9.84 Å². The number of para-hydroxylation sites is 1. The molecule has 0 saturated heterocycles. The van der Waals surface area contributed by atoms with Crippen LogP contribution in [0.1, 0.15) is 19.4 Å². The monoisotopic (exact) mass is 471 g/mol. The molecule has 0 atom stereocenters. The van der Waals surface area contributed by atoms with Crippen molar-refractivity contribution in [2.75, 3.05) is 0 Å². The van der Waals surface area contributed by atoms with E-state index in [9.17, 15) is 21.6 Å². The van der Waals surface area contributed by atoms with E-state index in [1.165, 1.54) is 24.4 Å². The van der Waals surface area contributed by atoms with Gasteiger partial charge in [0.2, 0.25) is 0 Å². The van der Waals surface area contributed by atoms with E-state index < -0.39 is 26.8 Å². The zero-order valence-corrected chi connectivity index (χ0v) is 18.6. The van der Waals surface area contributed by atoms with Gasteiger partial charge in [-0.15, -0.1) is 0 Å². The van der Waals surface area contributed by atoms with Crippen LogP contribution in [-0.4, -0.2) is 18.7 Å². The highest BCUT2D eigenvalue weighted by atomic mass is 32.2. The van der Waals surface area contributed by atoms with Crippen LogP contribution >= 0.6 is 0 Å².